The van der Waals surface area contributed by atoms with Crippen LogP contribution in [0.2, 0.25) is 0 Å². The Kier molecular flexibility index (Phi) is 8.87. The van der Waals surface area contributed by atoms with Gasteiger partial charge in [-0.1, -0.05) is 30.9 Å². The molecule has 3 aliphatic heterocycles. The Morgan fingerprint density at radius 2 is 1.58 bits per heavy atom. The molecule has 2 amide bonds. The highest BCUT2D eigenvalue weighted by Gasteiger charge is 2.52. The number of aromatic amines is 2. The standard InChI is InChI=1S/C39H46N6O4S/c1-23-19-27-32(50-35(27)45(22-23)37(47)49-39(5,6)7)34-41-28-17-14-25(20-29(28)42-34)11-10-24-12-15-26(16-13-24)30-21-40-33(43-30)31-9-8-18-44(31)36(46)48-38(2,3)4/h12-17,20-21,23,27,31-32,35H,8-9,18-19,22H2,1-7H3,(H,40,43)(H,41,42). The van der Waals surface area contributed by atoms with E-state index < -0.39 is 11.2 Å². The molecule has 5 unspecified atom stereocenters. The number of hydrogen-bond acceptors (Lipinski definition) is 7. The van der Waals surface area contributed by atoms with Crippen molar-refractivity contribution in [1.29, 1.82) is 0 Å². The minimum Gasteiger partial charge on any atom is -0.444 e. The quantitative estimate of drug-likeness (QED) is 0.207. The monoisotopic (exact) mass is 694 g/mol. The molecule has 0 saturated carbocycles. The third kappa shape index (κ3) is 7.22. The Bertz CT molecular complexity index is 1960. The third-order valence-electron chi connectivity index (χ3n) is 9.27. The Hall–Kier alpha value is -4.43. The Balaban J connectivity index is 1.00. The molecule has 50 heavy (non-hydrogen) atoms. The second-order valence-corrected chi connectivity index (χ2v) is 17.0. The van der Waals surface area contributed by atoms with Crippen molar-refractivity contribution in [2.75, 3.05) is 13.1 Å². The van der Waals surface area contributed by atoms with Gasteiger partial charge in [-0.2, -0.15) is 0 Å². The molecule has 3 saturated heterocycles. The van der Waals surface area contributed by atoms with Crippen LogP contribution in [0, 0.1) is 23.7 Å². The molecule has 3 fully saturated rings. The van der Waals surface area contributed by atoms with Crippen molar-refractivity contribution in [1.82, 2.24) is 29.7 Å². The van der Waals surface area contributed by atoms with Crippen molar-refractivity contribution in [2.24, 2.45) is 11.8 Å². The maximum Gasteiger partial charge on any atom is 0.411 e. The lowest BCUT2D eigenvalue weighted by Gasteiger charge is -2.53. The van der Waals surface area contributed by atoms with Crippen LogP contribution in [-0.4, -0.2) is 71.6 Å². The number of carbonyl (C=O) groups excluding carboxylic acids is 2. The van der Waals surface area contributed by atoms with E-state index in [1.807, 2.05) is 89.0 Å². The van der Waals surface area contributed by atoms with Crippen molar-refractivity contribution in [2.45, 2.75) is 95.6 Å². The van der Waals surface area contributed by atoms with Crippen LogP contribution in [0.5, 0.6) is 0 Å². The van der Waals surface area contributed by atoms with Crippen LogP contribution in [0.1, 0.15) is 102 Å². The first-order valence-electron chi connectivity index (χ1n) is 17.5. The molecule has 262 valence electrons. The van der Waals surface area contributed by atoms with Crippen molar-refractivity contribution in [3.8, 4) is 23.1 Å². The first-order valence-corrected chi connectivity index (χ1v) is 18.5. The molecule has 10 nitrogen and oxygen atoms in total. The second-order valence-electron chi connectivity index (χ2n) is 15.8. The fourth-order valence-electron chi connectivity index (χ4n) is 7.06. The van der Waals surface area contributed by atoms with Gasteiger partial charge in [0.2, 0.25) is 0 Å². The molecule has 11 heteroatoms. The minimum atomic E-state index is -0.540. The number of carbonyl (C=O) groups is 2. The lowest BCUT2D eigenvalue weighted by atomic mass is 9.86. The summed E-state index contributed by atoms with van der Waals surface area (Å²) >= 11 is 1.79. The molecule has 0 bridgehead atoms. The predicted molar refractivity (Wildman–Crippen MR) is 195 cm³/mol. The zero-order valence-electron chi connectivity index (χ0n) is 29.9. The van der Waals surface area contributed by atoms with E-state index in [4.69, 9.17) is 14.5 Å². The molecule has 5 atom stereocenters. The van der Waals surface area contributed by atoms with Gasteiger partial charge in [-0.3, -0.25) is 9.80 Å². The fraction of sp³-hybridized carbons (Fsp3) is 0.487. The highest BCUT2D eigenvalue weighted by Crippen LogP contribution is 2.58. The van der Waals surface area contributed by atoms with Gasteiger partial charge in [-0.15, -0.1) is 11.8 Å². The lowest BCUT2D eigenvalue weighted by molar-refractivity contribution is 0.00159. The zero-order valence-corrected chi connectivity index (χ0v) is 30.7. The van der Waals surface area contributed by atoms with Crippen molar-refractivity contribution < 1.29 is 19.1 Å². The number of piperidine rings is 1. The summed E-state index contributed by atoms with van der Waals surface area (Å²) < 4.78 is 11.3. The van der Waals surface area contributed by atoms with E-state index in [1.165, 1.54) is 0 Å². The van der Waals surface area contributed by atoms with Crippen LogP contribution in [0.4, 0.5) is 9.59 Å². The highest BCUT2D eigenvalue weighted by molar-refractivity contribution is 8.01. The van der Waals surface area contributed by atoms with E-state index >= 15 is 0 Å². The summed E-state index contributed by atoms with van der Waals surface area (Å²) in [6.45, 7) is 15.0. The fourth-order valence-corrected chi connectivity index (χ4v) is 8.58. The second kappa shape index (κ2) is 13.0. The van der Waals surface area contributed by atoms with Crippen molar-refractivity contribution in [3.63, 3.8) is 0 Å². The summed E-state index contributed by atoms with van der Waals surface area (Å²) in [5.74, 6) is 9.07. The van der Waals surface area contributed by atoms with E-state index in [1.54, 1.807) is 16.7 Å². The summed E-state index contributed by atoms with van der Waals surface area (Å²) in [4.78, 5) is 46.0. The highest BCUT2D eigenvalue weighted by atomic mass is 32.2. The first-order chi connectivity index (χ1) is 23.7. The average molecular weight is 695 g/mol. The number of imidazole rings is 2. The van der Waals surface area contributed by atoms with Gasteiger partial charge in [-0.25, -0.2) is 19.6 Å². The number of hydrogen-bond donors (Lipinski definition) is 2. The Morgan fingerprint density at radius 3 is 2.30 bits per heavy atom. The number of amides is 2. The van der Waals surface area contributed by atoms with Crippen LogP contribution in [0.3, 0.4) is 0 Å². The minimum absolute atomic E-state index is 0.115. The largest absolute Gasteiger partial charge is 0.444 e. The molecule has 2 N–H and O–H groups in total. The van der Waals surface area contributed by atoms with Crippen LogP contribution in [-0.2, 0) is 9.47 Å². The summed E-state index contributed by atoms with van der Waals surface area (Å²) in [6, 6.07) is 14.0. The SMILES string of the molecule is CC1CC2C(c3nc4ccc(C#Cc5ccc(-c6cnc(C7CCCN7C(=O)OC(C)(C)C)[nH]6)cc5)cc4[nH]3)SC2N(C(=O)OC(C)(C)C)C1. The number of benzene rings is 2. The number of thioether (sulfide) groups is 1. The first kappa shape index (κ1) is 34.0. The maximum atomic E-state index is 13.0. The predicted octanol–water partition coefficient (Wildman–Crippen LogP) is 8.43. The van der Waals surface area contributed by atoms with Gasteiger partial charge in [0, 0.05) is 30.1 Å². The third-order valence-corrected chi connectivity index (χ3v) is 11.0. The van der Waals surface area contributed by atoms with Crippen molar-refractivity contribution >= 4 is 35.0 Å². The Morgan fingerprint density at radius 1 is 0.900 bits per heavy atom. The van der Waals surface area contributed by atoms with Crippen molar-refractivity contribution in [3.05, 3.63) is 71.4 Å². The normalized spacial score (nSPS) is 23.5. The molecule has 5 heterocycles. The van der Waals surface area contributed by atoms with Crippen LogP contribution in [0.25, 0.3) is 22.3 Å². The van der Waals surface area contributed by atoms with E-state index in [2.05, 4.69) is 39.8 Å². The van der Waals surface area contributed by atoms with Crippen LogP contribution < -0.4 is 0 Å². The van der Waals surface area contributed by atoms with Gasteiger partial charge in [0.15, 0.2) is 0 Å². The molecule has 0 radical (unpaired) electrons. The summed E-state index contributed by atoms with van der Waals surface area (Å²) in [6.07, 6.45) is 4.12. The molecule has 3 aliphatic rings. The van der Waals surface area contributed by atoms with Gasteiger partial charge in [0.1, 0.15) is 22.9 Å². The average Bonchev–Trinajstić information content (AvgIpc) is 3.79. The summed E-state index contributed by atoms with van der Waals surface area (Å²) in [5.41, 5.74) is 4.53. The van der Waals surface area contributed by atoms with E-state index in [9.17, 15) is 9.59 Å². The van der Waals surface area contributed by atoms with Gasteiger partial charge < -0.3 is 19.4 Å². The number of nitrogens with one attached hydrogen (secondary N) is 2. The number of ether oxygens (including phenoxy) is 2. The van der Waals surface area contributed by atoms with E-state index in [0.717, 1.165) is 70.9 Å². The number of rotatable bonds is 3. The van der Waals surface area contributed by atoms with E-state index in [-0.39, 0.29) is 28.9 Å². The molecule has 4 aromatic rings. The van der Waals surface area contributed by atoms with Crippen LogP contribution in [0.15, 0.2) is 48.7 Å². The molecule has 0 aliphatic carbocycles. The van der Waals surface area contributed by atoms with Gasteiger partial charge in [-0.05, 0) is 103 Å². The molecule has 0 spiro atoms. The molecular weight excluding hydrogens is 649 g/mol. The van der Waals surface area contributed by atoms with Gasteiger partial charge in [0.25, 0.3) is 0 Å². The van der Waals surface area contributed by atoms with Crippen LogP contribution >= 0.6 is 11.8 Å². The topological polar surface area (TPSA) is 116 Å². The van der Waals surface area contributed by atoms with E-state index in [0.29, 0.717) is 18.4 Å². The lowest BCUT2D eigenvalue weighted by Crippen LogP contribution is -2.56. The smallest absolute Gasteiger partial charge is 0.411 e. The molecule has 2 aromatic heterocycles. The molecular formula is C39H46N6O4S. The summed E-state index contributed by atoms with van der Waals surface area (Å²) in [5, 5.41) is 0.324. The number of fused-ring (bicyclic) bond motifs is 2. The molecule has 2 aromatic carbocycles. The molecule has 7 rings (SSSR count). The number of likely N-dealkylation sites (tertiary alicyclic amines) is 2. The van der Waals surface area contributed by atoms with Gasteiger partial charge >= 0.3 is 12.2 Å². The number of nitrogens with zero attached hydrogens (tertiary/aromatic N) is 4. The summed E-state index contributed by atoms with van der Waals surface area (Å²) in [7, 11) is 0. The Labute approximate surface area is 298 Å². The maximum absolute atomic E-state index is 13.0. The number of H-pyrrole nitrogens is 2. The number of aromatic nitrogens is 4. The zero-order chi connectivity index (χ0) is 35.4. The van der Waals surface area contributed by atoms with Gasteiger partial charge in [0.05, 0.1) is 39.6 Å².